The molecule has 9 heteroatoms. The molecular weight excluding hydrogens is 426 g/mol. The molecule has 2 heterocycles. The van der Waals surface area contributed by atoms with Gasteiger partial charge in [0.05, 0.1) is 35.9 Å². The number of imidazole rings is 1. The van der Waals surface area contributed by atoms with Crippen molar-refractivity contribution in [1.82, 2.24) is 9.32 Å². The number of amides is 1. The molecule has 1 amide bonds. The van der Waals surface area contributed by atoms with Gasteiger partial charge >= 0.3 is 0 Å². The number of fused-ring (bicyclic) bond motifs is 1. The Morgan fingerprint density at radius 1 is 1.23 bits per heavy atom. The van der Waals surface area contributed by atoms with Crippen LogP contribution < -0.4 is 9.64 Å². The maximum Gasteiger partial charge on any atom is 0.232 e. The Kier molecular flexibility index (Phi) is 5.78. The second-order valence-corrected chi connectivity index (χ2v) is 9.38. The van der Waals surface area contributed by atoms with Crippen LogP contribution in [0.5, 0.6) is 5.75 Å². The summed E-state index contributed by atoms with van der Waals surface area (Å²) >= 11 is 0. The van der Waals surface area contributed by atoms with Crippen LogP contribution in [-0.2, 0) is 4.79 Å². The lowest BCUT2D eigenvalue weighted by atomic mass is 9.82. The fourth-order valence-electron chi connectivity index (χ4n) is 3.76. The molecule has 0 radical (unpaired) electrons. The van der Waals surface area contributed by atoms with Gasteiger partial charge in [-0.25, -0.2) is 13.8 Å². The van der Waals surface area contributed by atoms with E-state index in [9.17, 15) is 13.6 Å². The molecule has 3 unspecified atom stereocenters. The van der Waals surface area contributed by atoms with Crippen molar-refractivity contribution >= 4 is 41.3 Å². The third-order valence-electron chi connectivity index (χ3n) is 5.41. The second-order valence-electron chi connectivity index (χ2n) is 7.68. The third kappa shape index (κ3) is 3.70. The van der Waals surface area contributed by atoms with Crippen molar-refractivity contribution in [2.45, 2.75) is 32.0 Å². The van der Waals surface area contributed by atoms with Crippen LogP contribution in [0.15, 0.2) is 36.7 Å². The summed E-state index contributed by atoms with van der Waals surface area (Å²) in [4.78, 5) is 18.3. The molecule has 2 aromatic carbocycles. The highest BCUT2D eigenvalue weighted by Crippen LogP contribution is 2.46. The zero-order valence-electron chi connectivity index (χ0n) is 16.7. The van der Waals surface area contributed by atoms with Gasteiger partial charge in [0.25, 0.3) is 0 Å². The molecule has 1 fully saturated rings. The molecule has 5 nitrogen and oxygen atoms in total. The highest BCUT2D eigenvalue weighted by molar-refractivity contribution is 7.17. The van der Waals surface area contributed by atoms with Crippen molar-refractivity contribution in [3.8, 4) is 5.75 Å². The summed E-state index contributed by atoms with van der Waals surface area (Å²) in [7, 11) is 5.19. The summed E-state index contributed by atoms with van der Waals surface area (Å²) in [6, 6.07) is 7.00. The number of rotatable bonds is 6. The van der Waals surface area contributed by atoms with E-state index in [4.69, 9.17) is 4.74 Å². The van der Waals surface area contributed by atoms with Crippen LogP contribution in [0, 0.1) is 17.6 Å². The summed E-state index contributed by atoms with van der Waals surface area (Å²) in [6.45, 7) is 4.07. The molecule has 158 valence electrons. The fourth-order valence-corrected chi connectivity index (χ4v) is 4.18. The smallest absolute Gasteiger partial charge is 0.232 e. The Balaban J connectivity index is 1.65. The number of anilines is 1. The fraction of sp³-hybridized carbons (Fsp3) is 0.333. The number of carbonyl (C=O) groups is 1. The summed E-state index contributed by atoms with van der Waals surface area (Å²) in [5.74, 6) is -1.99. The zero-order chi connectivity index (χ0) is 21.6. The van der Waals surface area contributed by atoms with Gasteiger partial charge in [-0.1, -0.05) is 13.8 Å². The van der Waals surface area contributed by atoms with Gasteiger partial charge in [0.15, 0.2) is 0 Å². The van der Waals surface area contributed by atoms with E-state index in [1.807, 2.05) is 13.0 Å². The largest absolute Gasteiger partial charge is 0.493 e. The third-order valence-corrected chi connectivity index (χ3v) is 6.15. The van der Waals surface area contributed by atoms with E-state index >= 15 is 0 Å². The van der Waals surface area contributed by atoms with E-state index in [-0.39, 0.29) is 17.2 Å². The first kappa shape index (κ1) is 21.1. The van der Waals surface area contributed by atoms with Gasteiger partial charge in [0.2, 0.25) is 5.91 Å². The van der Waals surface area contributed by atoms with Crippen LogP contribution in [0.3, 0.4) is 0 Å². The highest BCUT2D eigenvalue weighted by atomic mass is 31.0. The van der Waals surface area contributed by atoms with Crippen LogP contribution >= 0.6 is 18.6 Å². The van der Waals surface area contributed by atoms with Gasteiger partial charge in [0, 0.05) is 23.4 Å². The summed E-state index contributed by atoms with van der Waals surface area (Å²) in [5.41, 5.74) is 2.37. The lowest BCUT2D eigenvalue weighted by Crippen LogP contribution is -2.54. The monoisotopic (exact) mass is 449 g/mol. The predicted molar refractivity (Wildman–Crippen MR) is 120 cm³/mol. The Morgan fingerprint density at radius 2 is 1.93 bits per heavy atom. The molecule has 1 aromatic heterocycles. The van der Waals surface area contributed by atoms with Crippen molar-refractivity contribution in [3.63, 3.8) is 0 Å². The van der Waals surface area contributed by atoms with Gasteiger partial charge in [-0.2, -0.15) is 0 Å². The molecule has 30 heavy (non-hydrogen) atoms. The van der Waals surface area contributed by atoms with Gasteiger partial charge < -0.3 is 14.0 Å². The minimum Gasteiger partial charge on any atom is -0.493 e. The number of hydrogen-bond donors (Lipinski definition) is 0. The lowest BCUT2D eigenvalue weighted by Gasteiger charge is -2.46. The molecule has 0 spiro atoms. The lowest BCUT2D eigenvalue weighted by molar-refractivity contribution is -0.129. The Morgan fingerprint density at radius 3 is 2.60 bits per heavy atom. The van der Waals surface area contributed by atoms with Crippen molar-refractivity contribution in [2.75, 3.05) is 11.5 Å². The Hall–Kier alpha value is -2.10. The van der Waals surface area contributed by atoms with Crippen LogP contribution in [0.4, 0.5) is 14.5 Å². The molecule has 3 aromatic rings. The summed E-state index contributed by atoms with van der Waals surface area (Å²) in [6.07, 6.45) is 2.40. The van der Waals surface area contributed by atoms with E-state index in [1.54, 1.807) is 29.7 Å². The molecule has 0 bridgehead atoms. The summed E-state index contributed by atoms with van der Waals surface area (Å²) < 4.78 is 37.1. The summed E-state index contributed by atoms with van der Waals surface area (Å²) in [5, 5.41) is 0. The average Bonchev–Trinajstić information content (AvgIpc) is 3.06. The van der Waals surface area contributed by atoms with Gasteiger partial charge in [0.1, 0.15) is 17.4 Å². The highest BCUT2D eigenvalue weighted by Gasteiger charge is 2.48. The van der Waals surface area contributed by atoms with E-state index in [1.165, 1.54) is 17.0 Å². The van der Waals surface area contributed by atoms with Crippen molar-refractivity contribution in [1.29, 1.82) is 0 Å². The van der Waals surface area contributed by atoms with Gasteiger partial charge in [-0.05, 0) is 39.7 Å². The molecule has 1 aliphatic heterocycles. The molecule has 0 N–H and O–H groups in total. The molecular formula is C21H23F2N3O2P2. The number of β-lactam (4-membered cyclic amide) rings is 1. The first-order chi connectivity index (χ1) is 14.3. The first-order valence-corrected chi connectivity index (χ1v) is 10.9. The molecule has 0 saturated carbocycles. The zero-order valence-corrected chi connectivity index (χ0v) is 19.0. The average molecular weight is 449 g/mol. The number of halogens is 2. The molecule has 1 saturated heterocycles. The topological polar surface area (TPSA) is 47.4 Å². The minimum absolute atomic E-state index is 0.120. The second kappa shape index (κ2) is 8.20. The number of nitrogens with zero attached hydrogens (tertiary/aromatic N) is 3. The van der Waals surface area contributed by atoms with Crippen LogP contribution in [-0.4, -0.2) is 27.5 Å². The van der Waals surface area contributed by atoms with E-state index in [2.05, 4.69) is 23.6 Å². The van der Waals surface area contributed by atoms with E-state index in [0.29, 0.717) is 23.5 Å². The minimum atomic E-state index is -0.728. The maximum atomic E-state index is 14.9. The molecule has 4 rings (SSSR count). The van der Waals surface area contributed by atoms with E-state index in [0.717, 1.165) is 11.9 Å². The molecule has 1 aliphatic rings. The normalized spacial score (nSPS) is 19.8. The number of carbonyl (C=O) groups excluding carboxylic acids is 1. The van der Waals surface area contributed by atoms with Crippen molar-refractivity contribution in [3.05, 3.63) is 53.9 Å². The van der Waals surface area contributed by atoms with Crippen LogP contribution in [0.2, 0.25) is 0 Å². The quantitative estimate of drug-likeness (QED) is 0.405. The number of aromatic nitrogens is 2. The number of hydrogen-bond acceptors (Lipinski definition) is 3. The molecule has 5 atom stereocenters. The van der Waals surface area contributed by atoms with E-state index < -0.39 is 23.6 Å². The predicted octanol–water partition coefficient (Wildman–Crippen LogP) is 4.71. The standard InChI is InChI=1S/C21H23F2N3O2P2/c1-11(29)5-6-28-14-8-15(22)19(16(23)9-14)20-12(2)21(27)26(20)13-3-4-18-17(7-13)24-10-25(18)30/h3-4,7-12,20H,5-6,29-30H2,1-2H3/t11?,12-,20-/m1/s1. The Labute approximate surface area is 178 Å². The van der Waals surface area contributed by atoms with Crippen LogP contribution in [0.25, 0.3) is 11.0 Å². The first-order valence-electron chi connectivity index (χ1n) is 9.70. The Bertz CT molecular complexity index is 1100. The van der Waals surface area contributed by atoms with Crippen LogP contribution in [0.1, 0.15) is 31.9 Å². The number of ether oxygens (including phenoxy) is 1. The van der Waals surface area contributed by atoms with Crippen molar-refractivity contribution in [2.24, 2.45) is 5.92 Å². The van der Waals surface area contributed by atoms with Gasteiger partial charge in [-0.3, -0.25) is 4.79 Å². The SMILES string of the molecule is CC(P)CCOc1cc(F)c([C@H]2[C@@H](C)C(=O)N2c2ccc3c(c2)ncn3P)c(F)c1. The number of benzene rings is 2. The maximum absolute atomic E-state index is 14.9. The van der Waals surface area contributed by atoms with Gasteiger partial charge in [-0.15, -0.1) is 9.24 Å². The van der Waals surface area contributed by atoms with Crippen molar-refractivity contribution < 1.29 is 18.3 Å². The molecule has 0 aliphatic carbocycles.